The number of benzene rings is 3. The summed E-state index contributed by atoms with van der Waals surface area (Å²) in [4.78, 5) is 51.1. The van der Waals surface area contributed by atoms with Gasteiger partial charge in [-0.2, -0.15) is 0 Å². The third-order valence-electron chi connectivity index (χ3n) is 6.90. The minimum Gasteiger partial charge on any atom is -0.494 e. The minimum absolute atomic E-state index is 0.190. The highest BCUT2D eigenvalue weighted by Crippen LogP contribution is 2.30. The second-order valence-electron chi connectivity index (χ2n) is 10.6. The number of carbonyl (C=O) groups excluding carboxylic acids is 4. The van der Waals surface area contributed by atoms with Crippen molar-refractivity contribution in [1.82, 2.24) is 0 Å². The number of hydrogen-bond donors (Lipinski definition) is 0. The molecule has 0 saturated carbocycles. The number of rotatable bonds is 20. The first-order valence-electron chi connectivity index (χ1n) is 15.9. The third-order valence-corrected chi connectivity index (χ3v) is 6.90. The van der Waals surface area contributed by atoms with E-state index in [0.717, 1.165) is 12.2 Å². The van der Waals surface area contributed by atoms with Crippen LogP contribution >= 0.6 is 0 Å². The molecule has 0 saturated heterocycles. The zero-order valence-corrected chi connectivity index (χ0v) is 28.5. The highest BCUT2D eigenvalue weighted by atomic mass is 16.5. The van der Waals surface area contributed by atoms with Gasteiger partial charge in [0.2, 0.25) is 0 Å². The van der Waals surface area contributed by atoms with Crippen molar-refractivity contribution in [2.75, 3.05) is 33.5 Å². The number of nitrogens with zero attached hydrogens (tertiary/aromatic N) is 1. The molecule has 0 aliphatic heterocycles. The van der Waals surface area contributed by atoms with Gasteiger partial charge in [-0.3, -0.25) is 4.79 Å². The lowest BCUT2D eigenvalue weighted by Crippen LogP contribution is -2.11. The lowest BCUT2D eigenvalue weighted by Gasteiger charge is -2.12. The second kappa shape index (κ2) is 20.9. The molecular weight excluding hydrogens is 658 g/mol. The van der Waals surface area contributed by atoms with Crippen molar-refractivity contribution >= 4 is 30.0 Å². The summed E-state index contributed by atoms with van der Waals surface area (Å²) in [5.74, 6) is -0.516. The number of carbonyl (C=O) groups is 4. The van der Waals surface area contributed by atoms with Crippen LogP contribution < -0.4 is 23.7 Å². The predicted octanol–water partition coefficient (Wildman–Crippen LogP) is 6.87. The molecule has 0 fully saturated rings. The molecule has 3 aromatic rings. The molecule has 0 unspecified atom stereocenters. The SMILES string of the molecule is [C-]#[N+]/C(=C\c1ccc(OCCCCOC(=O)C=C)c(OC)c1)C(=O)Oc1ccc(OC(=O)c2ccc(OCCCCOC(=O)C=C)cc2)cc1C. The van der Waals surface area contributed by atoms with Crippen LogP contribution in [0.25, 0.3) is 10.9 Å². The summed E-state index contributed by atoms with van der Waals surface area (Å²) in [6, 6.07) is 15.9. The van der Waals surface area contributed by atoms with Crippen molar-refractivity contribution in [2.45, 2.75) is 32.6 Å². The topological polar surface area (TPSA) is 137 Å². The lowest BCUT2D eigenvalue weighted by atomic mass is 10.1. The van der Waals surface area contributed by atoms with E-state index in [1.807, 2.05) is 0 Å². The molecule has 0 radical (unpaired) electrons. The smallest absolute Gasteiger partial charge is 0.343 e. The van der Waals surface area contributed by atoms with Crippen molar-refractivity contribution in [3.63, 3.8) is 0 Å². The fourth-order valence-corrected chi connectivity index (χ4v) is 4.24. The Hall–Kier alpha value is -6.35. The molecule has 0 spiro atoms. The zero-order chi connectivity index (χ0) is 37.0. The van der Waals surface area contributed by atoms with Gasteiger partial charge < -0.3 is 33.2 Å². The Balaban J connectivity index is 1.52. The maximum absolute atomic E-state index is 12.9. The maximum atomic E-state index is 12.9. The van der Waals surface area contributed by atoms with E-state index >= 15 is 0 Å². The first-order chi connectivity index (χ1) is 24.7. The van der Waals surface area contributed by atoms with E-state index in [-0.39, 0.29) is 30.4 Å². The van der Waals surface area contributed by atoms with Crippen LogP contribution in [0.15, 0.2) is 91.7 Å². The van der Waals surface area contributed by atoms with E-state index in [1.165, 1.54) is 25.3 Å². The molecular formula is C39H39NO11. The van der Waals surface area contributed by atoms with Gasteiger partial charge in [-0.1, -0.05) is 19.2 Å². The summed E-state index contributed by atoms with van der Waals surface area (Å²) in [5.41, 5.74) is 1.05. The van der Waals surface area contributed by atoms with Crippen LogP contribution in [0.4, 0.5) is 0 Å². The van der Waals surface area contributed by atoms with Crippen molar-refractivity contribution < 1.29 is 52.3 Å². The van der Waals surface area contributed by atoms with Crippen LogP contribution in [0.1, 0.15) is 47.2 Å². The monoisotopic (exact) mass is 697 g/mol. The molecule has 0 amide bonds. The Bertz CT molecular complexity index is 1770. The average Bonchev–Trinajstić information content (AvgIpc) is 3.14. The van der Waals surface area contributed by atoms with E-state index in [4.69, 9.17) is 39.7 Å². The number of methoxy groups -OCH3 is 1. The number of hydrogen-bond acceptors (Lipinski definition) is 11. The normalized spacial score (nSPS) is 10.6. The molecule has 3 rings (SSSR count). The van der Waals surface area contributed by atoms with Crippen molar-refractivity contribution in [2.24, 2.45) is 0 Å². The second-order valence-corrected chi connectivity index (χ2v) is 10.6. The Morgan fingerprint density at radius 2 is 1.29 bits per heavy atom. The molecule has 0 aliphatic carbocycles. The highest BCUT2D eigenvalue weighted by molar-refractivity contribution is 5.97. The number of esters is 4. The minimum atomic E-state index is -0.868. The van der Waals surface area contributed by atoms with E-state index in [1.54, 1.807) is 55.5 Å². The van der Waals surface area contributed by atoms with E-state index in [9.17, 15) is 19.2 Å². The van der Waals surface area contributed by atoms with Gasteiger partial charge in [-0.05, 0) is 104 Å². The van der Waals surface area contributed by atoms with Crippen LogP contribution in [0.3, 0.4) is 0 Å². The Labute approximate surface area is 296 Å². The predicted molar refractivity (Wildman–Crippen MR) is 188 cm³/mol. The van der Waals surface area contributed by atoms with Gasteiger partial charge in [-0.25, -0.2) is 19.2 Å². The fraction of sp³-hybridized carbons (Fsp3) is 0.256. The van der Waals surface area contributed by atoms with Gasteiger partial charge in [0.1, 0.15) is 17.2 Å². The summed E-state index contributed by atoms with van der Waals surface area (Å²) in [6.45, 7) is 17.2. The Morgan fingerprint density at radius 3 is 1.88 bits per heavy atom. The summed E-state index contributed by atoms with van der Waals surface area (Å²) in [7, 11) is 1.48. The third kappa shape index (κ3) is 13.2. The fourth-order valence-electron chi connectivity index (χ4n) is 4.24. The molecule has 12 nitrogen and oxygen atoms in total. The zero-order valence-electron chi connectivity index (χ0n) is 28.5. The first-order valence-corrected chi connectivity index (χ1v) is 15.9. The van der Waals surface area contributed by atoms with Gasteiger partial charge in [0.15, 0.2) is 11.5 Å². The van der Waals surface area contributed by atoms with Crippen LogP contribution in [0.5, 0.6) is 28.7 Å². The molecule has 0 atom stereocenters. The summed E-state index contributed by atoms with van der Waals surface area (Å²) >= 11 is 0. The Kier molecular flexibility index (Phi) is 16.0. The molecule has 266 valence electrons. The number of aryl methyl sites for hydroxylation is 1. The largest absolute Gasteiger partial charge is 0.494 e. The summed E-state index contributed by atoms with van der Waals surface area (Å²) in [6.07, 6.45) is 6.16. The number of unbranched alkanes of at least 4 members (excludes halogenated alkanes) is 2. The van der Waals surface area contributed by atoms with Crippen molar-refractivity contribution in [3.05, 3.63) is 120 Å². The van der Waals surface area contributed by atoms with Crippen LogP contribution in [-0.2, 0) is 23.9 Å². The van der Waals surface area contributed by atoms with Gasteiger partial charge in [-0.15, -0.1) is 0 Å². The maximum Gasteiger partial charge on any atom is 0.343 e. The molecule has 12 heteroatoms. The van der Waals surface area contributed by atoms with Crippen LogP contribution in [-0.4, -0.2) is 57.4 Å². The standard InChI is InChI=1S/C39H39NO11/c1-6-36(41)48-22-10-8-20-46-30-15-13-29(14-16-30)38(43)50-31-17-19-33(27(3)24-31)51-39(44)32(40-4)25-28-12-18-34(35(26-28)45-5)47-21-9-11-23-49-37(42)7-2/h6-7,12-19,24-26H,1-2,8-11,20-23H2,3,5H3/b32-25-. The molecule has 0 aliphatic rings. The molecule has 0 aromatic heterocycles. The van der Waals surface area contributed by atoms with E-state index in [2.05, 4.69) is 18.0 Å². The van der Waals surface area contributed by atoms with Gasteiger partial charge in [0.25, 0.3) is 5.70 Å². The summed E-state index contributed by atoms with van der Waals surface area (Å²) in [5, 5.41) is 0. The quantitative estimate of drug-likeness (QED) is 0.0402. The van der Waals surface area contributed by atoms with E-state index < -0.39 is 23.9 Å². The summed E-state index contributed by atoms with van der Waals surface area (Å²) < 4.78 is 37.7. The van der Waals surface area contributed by atoms with Crippen molar-refractivity contribution in [3.8, 4) is 28.7 Å². The van der Waals surface area contributed by atoms with Crippen LogP contribution in [0, 0.1) is 13.5 Å². The highest BCUT2D eigenvalue weighted by Gasteiger charge is 2.17. The lowest BCUT2D eigenvalue weighted by molar-refractivity contribution is -0.138. The van der Waals surface area contributed by atoms with Gasteiger partial charge >= 0.3 is 23.9 Å². The van der Waals surface area contributed by atoms with Crippen LogP contribution in [0.2, 0.25) is 0 Å². The van der Waals surface area contributed by atoms with Gasteiger partial charge in [0.05, 0.1) is 45.7 Å². The molecule has 3 aromatic carbocycles. The number of ether oxygens (including phenoxy) is 7. The molecule has 0 N–H and O–H groups in total. The molecule has 51 heavy (non-hydrogen) atoms. The average molecular weight is 698 g/mol. The Morgan fingerprint density at radius 1 is 0.706 bits per heavy atom. The first kappa shape index (κ1) is 39.1. The molecule has 0 heterocycles. The molecule has 0 bridgehead atoms. The van der Waals surface area contributed by atoms with E-state index in [0.29, 0.717) is 72.8 Å². The van der Waals surface area contributed by atoms with Crippen molar-refractivity contribution in [1.29, 1.82) is 0 Å². The van der Waals surface area contributed by atoms with Gasteiger partial charge in [0, 0.05) is 12.2 Å².